The molecule has 1 aliphatic heterocycles. The zero-order valence-corrected chi connectivity index (χ0v) is 13.7. The third-order valence-electron chi connectivity index (χ3n) is 3.82. The van der Waals surface area contributed by atoms with E-state index in [0.717, 1.165) is 38.1 Å². The van der Waals surface area contributed by atoms with Gasteiger partial charge in [0.25, 0.3) is 5.95 Å². The minimum Gasteiger partial charge on any atom is -0.381 e. The molecule has 0 aliphatic carbocycles. The molecule has 0 atom stereocenters. The Balaban J connectivity index is 2.00. The maximum atomic E-state index is 13.5. The highest BCUT2D eigenvalue weighted by molar-refractivity contribution is 6.14. The third-order valence-corrected chi connectivity index (χ3v) is 3.82. The number of aliphatic imine (C=N–C) groups is 1. The number of nitrogens with zero attached hydrogens (tertiary/aromatic N) is 4. The van der Waals surface area contributed by atoms with Crippen LogP contribution in [0.5, 0.6) is 0 Å². The van der Waals surface area contributed by atoms with Gasteiger partial charge in [0.05, 0.1) is 17.6 Å². The number of rotatable bonds is 5. The molecule has 26 heavy (non-hydrogen) atoms. The first-order chi connectivity index (χ1) is 12.6. The van der Waals surface area contributed by atoms with Gasteiger partial charge < -0.3 is 21.3 Å². The Morgan fingerprint density at radius 2 is 2.04 bits per heavy atom. The summed E-state index contributed by atoms with van der Waals surface area (Å²) in [6, 6.07) is 5.32. The summed E-state index contributed by atoms with van der Waals surface area (Å²) in [6.07, 6.45) is 1.68. The van der Waals surface area contributed by atoms with Gasteiger partial charge >= 0.3 is 0 Å². The molecule has 10 heteroatoms. The lowest BCUT2D eigenvalue weighted by Gasteiger charge is -2.30. The molecule has 1 aromatic carbocycles. The smallest absolute Gasteiger partial charge is 0.256 e. The average Bonchev–Trinajstić information content (AvgIpc) is 2.65. The summed E-state index contributed by atoms with van der Waals surface area (Å²) in [4.78, 5) is 24.1. The van der Waals surface area contributed by atoms with Crippen molar-refractivity contribution in [1.82, 2.24) is 15.3 Å². The van der Waals surface area contributed by atoms with Gasteiger partial charge in [0.1, 0.15) is 5.69 Å². The van der Waals surface area contributed by atoms with Crippen LogP contribution in [0.2, 0.25) is 0 Å². The van der Waals surface area contributed by atoms with Gasteiger partial charge in [-0.25, -0.2) is 4.99 Å². The number of piperazine rings is 1. The van der Waals surface area contributed by atoms with Gasteiger partial charge in [0.2, 0.25) is 11.8 Å². The fraction of sp³-hybridized carbons (Fsp3) is 0.250. The van der Waals surface area contributed by atoms with Crippen molar-refractivity contribution < 1.29 is 13.6 Å². The number of benzene rings is 1. The Kier molecular flexibility index (Phi) is 5.32. The van der Waals surface area contributed by atoms with E-state index in [4.69, 9.17) is 5.73 Å². The molecule has 3 rings (SSSR count). The van der Waals surface area contributed by atoms with E-state index < -0.39 is 17.6 Å². The third kappa shape index (κ3) is 3.75. The quantitative estimate of drug-likeness (QED) is 0.419. The number of nitrogens with one attached hydrogen (secondary N) is 2. The molecule has 1 saturated heterocycles. The Hall–Kier alpha value is -3.14. The minimum atomic E-state index is -1.35. The first-order valence-electron chi connectivity index (χ1n) is 7.92. The van der Waals surface area contributed by atoms with Crippen LogP contribution in [0.1, 0.15) is 0 Å². The van der Waals surface area contributed by atoms with Gasteiger partial charge in [0.15, 0.2) is 12.1 Å². The van der Waals surface area contributed by atoms with E-state index in [-0.39, 0.29) is 5.95 Å². The predicted molar refractivity (Wildman–Crippen MR) is 95.4 cm³/mol. The fourth-order valence-corrected chi connectivity index (χ4v) is 2.65. The summed E-state index contributed by atoms with van der Waals surface area (Å²) in [5, 5.41) is 6.05. The van der Waals surface area contributed by atoms with Crippen molar-refractivity contribution in [2.45, 2.75) is 0 Å². The first-order valence-corrected chi connectivity index (χ1v) is 7.92. The van der Waals surface area contributed by atoms with Crippen LogP contribution in [0.15, 0.2) is 23.2 Å². The molecule has 0 unspecified atom stereocenters. The SMILES string of the molecule is Nc1nc(Nc2cccc(N3CCNCC3)c2N=CC=O)nc(F)c1F. The molecule has 8 nitrogen and oxygen atoms in total. The van der Waals surface area contributed by atoms with E-state index in [1.165, 1.54) is 0 Å². The maximum Gasteiger partial charge on any atom is 0.256 e. The van der Waals surface area contributed by atoms with Gasteiger partial charge in [-0.2, -0.15) is 18.7 Å². The summed E-state index contributed by atoms with van der Waals surface area (Å²) in [5.41, 5.74) is 7.04. The molecule has 0 amide bonds. The van der Waals surface area contributed by atoms with E-state index in [9.17, 15) is 13.6 Å². The molecule has 1 fully saturated rings. The monoisotopic (exact) mass is 361 g/mol. The topological polar surface area (TPSA) is 109 Å². The molecule has 0 radical (unpaired) electrons. The maximum absolute atomic E-state index is 13.5. The summed E-state index contributed by atoms with van der Waals surface area (Å²) >= 11 is 0. The number of nitrogen functional groups attached to an aromatic ring is 1. The van der Waals surface area contributed by atoms with Crippen molar-refractivity contribution in [2.24, 2.45) is 4.99 Å². The second-order valence-corrected chi connectivity index (χ2v) is 5.49. The minimum absolute atomic E-state index is 0.207. The van der Waals surface area contributed by atoms with Crippen molar-refractivity contribution in [3.05, 3.63) is 30.0 Å². The average molecular weight is 361 g/mol. The zero-order chi connectivity index (χ0) is 18.5. The highest BCUT2D eigenvalue weighted by atomic mass is 19.2. The van der Waals surface area contributed by atoms with Crippen LogP contribution in [0.25, 0.3) is 0 Å². The lowest BCUT2D eigenvalue weighted by atomic mass is 10.2. The number of anilines is 4. The number of para-hydroxylation sites is 1. The Labute approximate surface area is 148 Å². The van der Waals surface area contributed by atoms with Crippen molar-refractivity contribution in [3.8, 4) is 0 Å². The fourth-order valence-electron chi connectivity index (χ4n) is 2.65. The van der Waals surface area contributed by atoms with Crippen molar-refractivity contribution in [3.63, 3.8) is 0 Å². The lowest BCUT2D eigenvalue weighted by molar-refractivity contribution is -0.102. The Bertz CT molecular complexity index is 814. The number of aromatic nitrogens is 2. The van der Waals surface area contributed by atoms with Gasteiger partial charge in [-0.15, -0.1) is 0 Å². The van der Waals surface area contributed by atoms with Gasteiger partial charge in [-0.05, 0) is 12.1 Å². The number of halogens is 2. The normalized spacial score (nSPS) is 14.6. The van der Waals surface area contributed by atoms with E-state index in [0.29, 0.717) is 17.7 Å². The van der Waals surface area contributed by atoms with Crippen molar-refractivity contribution in [2.75, 3.05) is 42.1 Å². The van der Waals surface area contributed by atoms with Crippen LogP contribution in [0.3, 0.4) is 0 Å². The molecule has 136 valence electrons. The summed E-state index contributed by atoms with van der Waals surface area (Å²) in [5.74, 6) is -3.46. The molecule has 4 N–H and O–H groups in total. The molecule has 0 spiro atoms. The van der Waals surface area contributed by atoms with Crippen LogP contribution < -0.4 is 21.3 Å². The van der Waals surface area contributed by atoms with Crippen LogP contribution in [0.4, 0.5) is 37.6 Å². The summed E-state index contributed by atoms with van der Waals surface area (Å²) < 4.78 is 26.8. The van der Waals surface area contributed by atoms with E-state index in [1.807, 2.05) is 6.07 Å². The first kappa shape index (κ1) is 17.7. The number of aldehydes is 1. The lowest BCUT2D eigenvalue weighted by Crippen LogP contribution is -2.43. The molecule has 1 aromatic heterocycles. The molecule has 0 bridgehead atoms. The number of carbonyl (C=O) groups is 1. The van der Waals surface area contributed by atoms with Crippen LogP contribution in [-0.4, -0.2) is 48.6 Å². The van der Waals surface area contributed by atoms with E-state index in [2.05, 4.69) is 30.5 Å². The number of carbonyl (C=O) groups excluding carboxylic acids is 1. The highest BCUT2D eigenvalue weighted by Gasteiger charge is 2.18. The van der Waals surface area contributed by atoms with Crippen LogP contribution in [-0.2, 0) is 4.79 Å². The molecular formula is C16H17F2N7O. The van der Waals surface area contributed by atoms with Crippen LogP contribution >= 0.6 is 0 Å². The second kappa shape index (κ2) is 7.83. The largest absolute Gasteiger partial charge is 0.381 e. The standard InChI is InChI=1S/C16H17F2N7O/c17-12-14(18)23-16(24-15(12)19)22-10-2-1-3-11(13(10)21-6-9-26)25-7-4-20-5-8-25/h1-3,6,9,20H,4-5,7-8H2,(H3,19,22,23,24). The Morgan fingerprint density at radius 3 is 2.73 bits per heavy atom. The summed E-state index contributed by atoms with van der Waals surface area (Å²) in [6.45, 7) is 3.16. The van der Waals surface area contributed by atoms with Gasteiger partial charge in [-0.3, -0.25) is 4.79 Å². The van der Waals surface area contributed by atoms with Crippen molar-refractivity contribution in [1.29, 1.82) is 0 Å². The van der Waals surface area contributed by atoms with Gasteiger partial charge in [0, 0.05) is 26.2 Å². The number of hydrogen-bond donors (Lipinski definition) is 3. The molecule has 2 heterocycles. The van der Waals surface area contributed by atoms with Crippen LogP contribution in [0, 0.1) is 11.8 Å². The number of nitrogens with two attached hydrogens (primary N) is 1. The second-order valence-electron chi connectivity index (χ2n) is 5.49. The Morgan fingerprint density at radius 1 is 1.27 bits per heavy atom. The van der Waals surface area contributed by atoms with E-state index >= 15 is 0 Å². The van der Waals surface area contributed by atoms with E-state index in [1.54, 1.807) is 12.1 Å². The molecule has 0 saturated carbocycles. The van der Waals surface area contributed by atoms with Crippen molar-refractivity contribution >= 4 is 41.3 Å². The zero-order valence-electron chi connectivity index (χ0n) is 13.7. The molecule has 2 aromatic rings. The summed E-state index contributed by atoms with van der Waals surface area (Å²) in [7, 11) is 0. The molecule has 1 aliphatic rings. The van der Waals surface area contributed by atoms with Gasteiger partial charge in [-0.1, -0.05) is 6.07 Å². The highest BCUT2D eigenvalue weighted by Crippen LogP contribution is 2.37. The molecular weight excluding hydrogens is 344 g/mol. The number of hydrogen-bond acceptors (Lipinski definition) is 8. The predicted octanol–water partition coefficient (Wildman–Crippen LogP) is 1.39.